The fraction of sp³-hybridized carbons (Fsp3) is 0.440. The maximum Gasteiger partial charge on any atom is 0.433 e. The van der Waals surface area contributed by atoms with E-state index in [2.05, 4.69) is 53.7 Å². The average molecular weight is 491 g/mol. The number of likely N-dealkylation sites (N-methyl/N-ethyl adjacent to an activating group) is 1. The number of thiophene rings is 1. The van der Waals surface area contributed by atoms with E-state index in [1.807, 2.05) is 6.07 Å². The molecule has 0 saturated heterocycles. The summed E-state index contributed by atoms with van der Waals surface area (Å²) in [7, 11) is 5.51. The maximum atomic E-state index is 13.1. The highest BCUT2D eigenvalue weighted by molar-refractivity contribution is 7.17. The number of carbonyl (C=O) groups is 1. The molecule has 1 aliphatic rings. The molecule has 4 rings (SSSR count). The van der Waals surface area contributed by atoms with Crippen molar-refractivity contribution in [3.63, 3.8) is 0 Å². The number of amides is 1. The highest BCUT2D eigenvalue weighted by atomic mass is 32.1. The zero-order valence-electron chi connectivity index (χ0n) is 19.5. The Labute approximate surface area is 201 Å². The molecule has 3 aromatic rings. The van der Waals surface area contributed by atoms with E-state index < -0.39 is 11.9 Å². The Bertz CT molecular complexity index is 1130. The first-order chi connectivity index (χ1) is 16.1. The summed E-state index contributed by atoms with van der Waals surface area (Å²) in [5.41, 5.74) is 0.777. The van der Waals surface area contributed by atoms with Gasteiger partial charge in [-0.15, -0.1) is 11.3 Å². The topological polar surface area (TPSA) is 50.2 Å². The summed E-state index contributed by atoms with van der Waals surface area (Å²) >= 11 is 1.16. The molecule has 2 aromatic heterocycles. The molecule has 9 heteroatoms. The molecule has 5 nitrogen and oxygen atoms in total. The number of aromatic nitrogens is 2. The molecule has 0 spiro atoms. The van der Waals surface area contributed by atoms with Crippen molar-refractivity contribution in [3.8, 4) is 10.6 Å². The van der Waals surface area contributed by atoms with E-state index in [0.29, 0.717) is 9.75 Å². The van der Waals surface area contributed by atoms with Crippen molar-refractivity contribution < 1.29 is 18.0 Å². The minimum Gasteiger partial charge on any atom is -0.349 e. The van der Waals surface area contributed by atoms with Crippen molar-refractivity contribution in [2.24, 2.45) is 7.05 Å². The molecular weight excluding hydrogens is 461 g/mol. The van der Waals surface area contributed by atoms with Gasteiger partial charge in [0.1, 0.15) is 11.4 Å². The number of rotatable bonds is 6. The number of nitrogens with zero attached hydrogens (tertiary/aromatic N) is 3. The van der Waals surface area contributed by atoms with E-state index >= 15 is 0 Å². The maximum absolute atomic E-state index is 13.1. The van der Waals surface area contributed by atoms with Crippen LogP contribution in [-0.4, -0.2) is 46.3 Å². The van der Waals surface area contributed by atoms with E-state index in [1.165, 1.54) is 12.6 Å². The van der Waals surface area contributed by atoms with Gasteiger partial charge >= 0.3 is 6.18 Å². The number of hydrogen-bond acceptors (Lipinski definition) is 4. The predicted molar refractivity (Wildman–Crippen MR) is 128 cm³/mol. The Morgan fingerprint density at radius 2 is 1.85 bits per heavy atom. The van der Waals surface area contributed by atoms with Crippen LogP contribution in [0.15, 0.2) is 48.5 Å². The first kappa shape index (κ1) is 24.5. The van der Waals surface area contributed by atoms with Gasteiger partial charge in [-0.3, -0.25) is 9.48 Å². The summed E-state index contributed by atoms with van der Waals surface area (Å²) in [6, 6.07) is 14.9. The van der Waals surface area contributed by atoms with Crippen LogP contribution in [-0.2, 0) is 19.6 Å². The van der Waals surface area contributed by atoms with Gasteiger partial charge in [-0.05, 0) is 70.0 Å². The SMILES string of the molecule is CN(C)C1(Cc2ccccc2)CCC(NC(=O)c2ccc(-c3cc(C(F)(F)F)n(C)n3)s2)CC1. The predicted octanol–water partition coefficient (Wildman–Crippen LogP) is 5.38. The van der Waals surface area contributed by atoms with Crippen LogP contribution in [0.4, 0.5) is 13.2 Å². The fourth-order valence-electron chi connectivity index (χ4n) is 4.76. The zero-order chi connectivity index (χ0) is 24.5. The van der Waals surface area contributed by atoms with Crippen LogP contribution in [0.3, 0.4) is 0 Å². The van der Waals surface area contributed by atoms with Crippen LogP contribution >= 0.6 is 11.3 Å². The smallest absolute Gasteiger partial charge is 0.349 e. The van der Waals surface area contributed by atoms with Crippen LogP contribution < -0.4 is 5.32 Å². The van der Waals surface area contributed by atoms with Gasteiger partial charge in [0, 0.05) is 18.6 Å². The third-order valence-electron chi connectivity index (χ3n) is 6.83. The van der Waals surface area contributed by atoms with Crippen molar-refractivity contribution >= 4 is 17.2 Å². The van der Waals surface area contributed by atoms with Crippen molar-refractivity contribution in [1.29, 1.82) is 0 Å². The van der Waals surface area contributed by atoms with E-state index in [9.17, 15) is 18.0 Å². The Morgan fingerprint density at radius 3 is 2.44 bits per heavy atom. The van der Waals surface area contributed by atoms with Crippen molar-refractivity contribution in [2.75, 3.05) is 14.1 Å². The molecule has 1 amide bonds. The van der Waals surface area contributed by atoms with Gasteiger partial charge in [0.15, 0.2) is 0 Å². The summed E-state index contributed by atoms with van der Waals surface area (Å²) in [6.45, 7) is 0. The largest absolute Gasteiger partial charge is 0.433 e. The lowest BCUT2D eigenvalue weighted by atomic mass is 9.75. The molecule has 182 valence electrons. The third-order valence-corrected chi connectivity index (χ3v) is 7.94. The Balaban J connectivity index is 1.39. The molecule has 2 heterocycles. The van der Waals surface area contributed by atoms with Gasteiger partial charge in [-0.2, -0.15) is 18.3 Å². The number of aryl methyl sites for hydroxylation is 1. The molecule has 0 unspecified atom stereocenters. The highest BCUT2D eigenvalue weighted by Crippen LogP contribution is 2.37. The van der Waals surface area contributed by atoms with Gasteiger partial charge in [0.25, 0.3) is 5.91 Å². The molecule has 0 bridgehead atoms. The highest BCUT2D eigenvalue weighted by Gasteiger charge is 2.38. The molecule has 0 radical (unpaired) electrons. The second kappa shape index (κ2) is 9.54. The molecule has 1 aliphatic carbocycles. The summed E-state index contributed by atoms with van der Waals surface area (Å²) in [4.78, 5) is 16.2. The lowest BCUT2D eigenvalue weighted by Gasteiger charge is -2.45. The van der Waals surface area contributed by atoms with Gasteiger partial charge in [0.05, 0.1) is 9.75 Å². The van der Waals surface area contributed by atoms with Crippen LogP contribution in [0.2, 0.25) is 0 Å². The Morgan fingerprint density at radius 1 is 1.18 bits per heavy atom. The van der Waals surface area contributed by atoms with E-state index in [0.717, 1.165) is 54.2 Å². The molecule has 0 atom stereocenters. The van der Waals surface area contributed by atoms with Crippen molar-refractivity contribution in [3.05, 3.63) is 64.7 Å². The normalized spacial score (nSPS) is 21.1. The minimum atomic E-state index is -4.47. The van der Waals surface area contributed by atoms with Crippen LogP contribution in [0.1, 0.15) is 46.6 Å². The minimum absolute atomic E-state index is 0.0633. The van der Waals surface area contributed by atoms with E-state index in [-0.39, 0.29) is 23.2 Å². The van der Waals surface area contributed by atoms with Crippen LogP contribution in [0.25, 0.3) is 10.6 Å². The quantitative estimate of drug-likeness (QED) is 0.505. The summed E-state index contributed by atoms with van der Waals surface area (Å²) in [6.07, 6.45) is 0.211. The standard InChI is InChI=1S/C25H29F3N4OS/c1-31(2)24(16-17-7-5-4-6-8-17)13-11-18(12-14-24)29-23(33)21-10-9-20(34-21)19-15-22(25(26,27)28)32(3)30-19/h4-10,15,18H,11-14,16H2,1-3H3,(H,29,33). The molecule has 1 aromatic carbocycles. The van der Waals surface area contributed by atoms with Crippen molar-refractivity contribution in [1.82, 2.24) is 20.0 Å². The van der Waals surface area contributed by atoms with Gasteiger partial charge in [-0.1, -0.05) is 30.3 Å². The first-order valence-electron chi connectivity index (χ1n) is 11.3. The van der Waals surface area contributed by atoms with Gasteiger partial charge in [-0.25, -0.2) is 0 Å². The fourth-order valence-corrected chi connectivity index (χ4v) is 5.63. The Kier molecular flexibility index (Phi) is 6.87. The summed E-state index contributed by atoms with van der Waals surface area (Å²) in [5, 5.41) is 7.10. The molecular formula is C25H29F3N4OS. The monoisotopic (exact) mass is 490 g/mol. The lowest BCUT2D eigenvalue weighted by Crippen LogP contribution is -2.52. The second-order valence-electron chi connectivity index (χ2n) is 9.23. The zero-order valence-corrected chi connectivity index (χ0v) is 20.3. The van der Waals surface area contributed by atoms with Crippen LogP contribution in [0, 0.1) is 0 Å². The average Bonchev–Trinajstić information content (AvgIpc) is 3.42. The lowest BCUT2D eigenvalue weighted by molar-refractivity contribution is -0.143. The molecule has 0 aliphatic heterocycles. The number of benzene rings is 1. The molecule has 34 heavy (non-hydrogen) atoms. The molecule has 1 saturated carbocycles. The van der Waals surface area contributed by atoms with Gasteiger partial charge < -0.3 is 10.2 Å². The summed E-state index contributed by atoms with van der Waals surface area (Å²) in [5.74, 6) is -0.186. The number of hydrogen-bond donors (Lipinski definition) is 1. The first-order valence-corrected chi connectivity index (χ1v) is 12.1. The number of carbonyl (C=O) groups excluding carboxylic acids is 1. The number of nitrogens with one attached hydrogen (secondary N) is 1. The third kappa shape index (κ3) is 5.20. The van der Waals surface area contributed by atoms with Gasteiger partial charge in [0.2, 0.25) is 0 Å². The molecule has 1 fully saturated rings. The number of alkyl halides is 3. The second-order valence-corrected chi connectivity index (χ2v) is 10.3. The van der Waals surface area contributed by atoms with Crippen molar-refractivity contribution in [2.45, 2.75) is 49.9 Å². The Hall–Kier alpha value is -2.65. The van der Waals surface area contributed by atoms with Crippen LogP contribution in [0.5, 0.6) is 0 Å². The molecule has 1 N–H and O–H groups in total. The summed E-state index contributed by atoms with van der Waals surface area (Å²) < 4.78 is 40.0. The number of halogens is 3. The van der Waals surface area contributed by atoms with E-state index in [1.54, 1.807) is 12.1 Å². The van der Waals surface area contributed by atoms with E-state index in [4.69, 9.17) is 0 Å².